The van der Waals surface area contributed by atoms with Gasteiger partial charge in [-0.15, -0.1) is 0 Å². The van der Waals surface area contributed by atoms with Gasteiger partial charge in [-0.3, -0.25) is 0 Å². The summed E-state index contributed by atoms with van der Waals surface area (Å²) in [5, 5.41) is 4.06. The lowest BCUT2D eigenvalue weighted by molar-refractivity contribution is 0.539. The van der Waals surface area contributed by atoms with Crippen molar-refractivity contribution in [2.24, 2.45) is 0 Å². The van der Waals surface area contributed by atoms with Crippen LogP contribution in [0.2, 0.25) is 0 Å². The summed E-state index contributed by atoms with van der Waals surface area (Å²) in [4.78, 5) is 10.4. The second-order valence-electron chi connectivity index (χ2n) is 5.47. The molecule has 3 nitrogen and oxygen atoms in total. The summed E-state index contributed by atoms with van der Waals surface area (Å²) in [5.41, 5.74) is -0.0676. The Morgan fingerprint density at radius 3 is 2.30 bits per heavy atom. The normalized spacial score (nSPS) is 11.4. The molecular weight excluding hydrogens is 334 g/mol. The van der Waals surface area contributed by atoms with Gasteiger partial charge in [-0.1, -0.05) is 48.5 Å². The van der Waals surface area contributed by atoms with Crippen molar-refractivity contribution in [1.29, 1.82) is 0 Å². The van der Waals surface area contributed by atoms with Gasteiger partial charge in [0.1, 0.15) is 16.7 Å². The molecule has 0 unspecified atom stereocenters. The molecule has 1 N–H and O–H groups in total. The third-order valence-corrected chi connectivity index (χ3v) is 4.12. The Balaban J connectivity index is 2.33. The molecule has 20 heavy (non-hydrogen) atoms. The fourth-order valence-electron chi connectivity index (χ4n) is 1.56. The second kappa shape index (κ2) is 6.14. The first-order chi connectivity index (χ1) is 9.38. The number of nitrogens with one attached hydrogen (secondary N) is 1. The Labute approximate surface area is 132 Å². The van der Waals surface area contributed by atoms with Crippen LogP contribution in [0.3, 0.4) is 0 Å². The van der Waals surface area contributed by atoms with Crippen molar-refractivity contribution < 1.29 is 0 Å². The second-order valence-corrected chi connectivity index (χ2v) is 7.48. The highest BCUT2D eigenvalue weighted by Crippen LogP contribution is 2.30. The van der Waals surface area contributed by atoms with Crippen LogP contribution >= 0.6 is 27.7 Å². The molecule has 2 aromatic rings. The third-order valence-electron chi connectivity index (χ3n) is 2.67. The Morgan fingerprint density at radius 1 is 1.10 bits per heavy atom. The van der Waals surface area contributed by atoms with Gasteiger partial charge in [0.25, 0.3) is 0 Å². The van der Waals surface area contributed by atoms with Crippen LogP contribution in [0.15, 0.2) is 44.7 Å². The van der Waals surface area contributed by atoms with Crippen LogP contribution in [0.4, 0.5) is 5.82 Å². The van der Waals surface area contributed by atoms with E-state index in [1.54, 1.807) is 11.8 Å². The van der Waals surface area contributed by atoms with E-state index in [1.165, 1.54) is 0 Å². The van der Waals surface area contributed by atoms with Crippen LogP contribution in [-0.4, -0.2) is 17.0 Å². The van der Waals surface area contributed by atoms with Crippen LogP contribution in [0.25, 0.3) is 0 Å². The van der Waals surface area contributed by atoms with Gasteiger partial charge >= 0.3 is 0 Å². The zero-order valence-corrected chi connectivity index (χ0v) is 14.5. The molecular formula is C15H18BrN3S. The van der Waals surface area contributed by atoms with Crippen molar-refractivity contribution in [3.63, 3.8) is 0 Å². The molecule has 1 aromatic heterocycles. The third kappa shape index (κ3) is 3.96. The van der Waals surface area contributed by atoms with E-state index in [4.69, 9.17) is 0 Å². The molecule has 1 heterocycles. The van der Waals surface area contributed by atoms with Gasteiger partial charge < -0.3 is 5.32 Å². The van der Waals surface area contributed by atoms with Crippen molar-refractivity contribution in [2.45, 2.75) is 36.1 Å². The number of rotatable bonds is 3. The molecule has 0 aliphatic heterocycles. The first-order valence-electron chi connectivity index (χ1n) is 6.39. The highest BCUT2D eigenvalue weighted by molar-refractivity contribution is 9.10. The smallest absolute Gasteiger partial charge is 0.137 e. The van der Waals surface area contributed by atoms with Gasteiger partial charge in [-0.2, -0.15) is 0 Å². The Bertz CT molecular complexity index is 591. The molecule has 5 heteroatoms. The number of aromatic nitrogens is 2. The average molecular weight is 352 g/mol. The lowest BCUT2D eigenvalue weighted by Crippen LogP contribution is -2.17. The topological polar surface area (TPSA) is 37.8 Å². The van der Waals surface area contributed by atoms with Crippen LogP contribution < -0.4 is 5.32 Å². The summed E-state index contributed by atoms with van der Waals surface area (Å²) in [7, 11) is 1.88. The van der Waals surface area contributed by atoms with E-state index in [1.807, 2.05) is 25.2 Å². The van der Waals surface area contributed by atoms with Gasteiger partial charge in [0.15, 0.2) is 0 Å². The SMILES string of the molecule is CNc1cc(Sc2ccc(Br)cc2)nc(C(C)(C)C)n1. The Hall–Kier alpha value is -1.07. The summed E-state index contributed by atoms with van der Waals surface area (Å²) in [5.74, 6) is 1.70. The van der Waals surface area contributed by atoms with Crippen molar-refractivity contribution >= 4 is 33.5 Å². The van der Waals surface area contributed by atoms with Crippen molar-refractivity contribution in [3.05, 3.63) is 40.6 Å². The maximum absolute atomic E-state index is 4.67. The van der Waals surface area contributed by atoms with Crippen LogP contribution in [0.5, 0.6) is 0 Å². The Morgan fingerprint density at radius 2 is 1.75 bits per heavy atom. The summed E-state index contributed by atoms with van der Waals surface area (Å²) >= 11 is 5.09. The average Bonchev–Trinajstić information content (AvgIpc) is 2.40. The van der Waals surface area contributed by atoms with Gasteiger partial charge in [0.05, 0.1) is 0 Å². The largest absolute Gasteiger partial charge is 0.373 e. The molecule has 1 aromatic carbocycles. The highest BCUT2D eigenvalue weighted by atomic mass is 79.9. The molecule has 2 rings (SSSR count). The van der Waals surface area contributed by atoms with Crippen molar-refractivity contribution in [3.8, 4) is 0 Å². The fourth-order valence-corrected chi connectivity index (χ4v) is 2.64. The molecule has 0 saturated heterocycles. The molecule has 0 bridgehead atoms. The lowest BCUT2D eigenvalue weighted by atomic mass is 9.96. The van der Waals surface area contributed by atoms with Crippen molar-refractivity contribution in [1.82, 2.24) is 9.97 Å². The monoisotopic (exact) mass is 351 g/mol. The Kier molecular flexibility index (Phi) is 4.70. The van der Waals surface area contributed by atoms with E-state index in [-0.39, 0.29) is 5.41 Å². The van der Waals surface area contributed by atoms with E-state index < -0.39 is 0 Å². The zero-order valence-electron chi connectivity index (χ0n) is 12.1. The maximum atomic E-state index is 4.67. The maximum Gasteiger partial charge on any atom is 0.137 e. The molecule has 0 aliphatic carbocycles. The summed E-state index contributed by atoms with van der Waals surface area (Å²) in [6.45, 7) is 6.36. The van der Waals surface area contributed by atoms with E-state index in [0.717, 1.165) is 26.0 Å². The first kappa shape index (κ1) is 15.3. The predicted molar refractivity (Wildman–Crippen MR) is 88.5 cm³/mol. The van der Waals surface area contributed by atoms with Crippen LogP contribution in [0.1, 0.15) is 26.6 Å². The molecule has 0 atom stereocenters. The minimum absolute atomic E-state index is 0.0676. The van der Waals surface area contributed by atoms with E-state index in [0.29, 0.717) is 0 Å². The zero-order chi connectivity index (χ0) is 14.8. The molecule has 0 spiro atoms. The molecule has 0 amide bonds. The molecule has 0 aliphatic rings. The number of benzene rings is 1. The van der Waals surface area contributed by atoms with Gasteiger partial charge in [-0.05, 0) is 24.3 Å². The number of anilines is 1. The number of halogens is 1. The van der Waals surface area contributed by atoms with Crippen molar-refractivity contribution in [2.75, 3.05) is 12.4 Å². The molecule has 0 fully saturated rings. The summed E-state index contributed by atoms with van der Waals surface area (Å²) in [6.07, 6.45) is 0. The molecule has 0 radical (unpaired) electrons. The van der Waals surface area contributed by atoms with Crippen LogP contribution in [-0.2, 0) is 5.41 Å². The van der Waals surface area contributed by atoms with Gasteiger partial charge in [0, 0.05) is 27.9 Å². The summed E-state index contributed by atoms with van der Waals surface area (Å²) < 4.78 is 1.08. The first-order valence-corrected chi connectivity index (χ1v) is 8.00. The van der Waals surface area contributed by atoms with Crippen LogP contribution in [0, 0.1) is 0 Å². The molecule has 106 valence electrons. The number of hydrogen-bond donors (Lipinski definition) is 1. The van der Waals surface area contributed by atoms with Gasteiger partial charge in [0.2, 0.25) is 0 Å². The minimum Gasteiger partial charge on any atom is -0.373 e. The van der Waals surface area contributed by atoms with E-state index in [9.17, 15) is 0 Å². The lowest BCUT2D eigenvalue weighted by Gasteiger charge is -2.18. The van der Waals surface area contributed by atoms with Gasteiger partial charge in [-0.25, -0.2) is 9.97 Å². The molecule has 0 saturated carbocycles. The highest BCUT2D eigenvalue weighted by Gasteiger charge is 2.19. The fraction of sp³-hybridized carbons (Fsp3) is 0.333. The summed E-state index contributed by atoms with van der Waals surface area (Å²) in [6, 6.07) is 10.2. The number of hydrogen-bond acceptors (Lipinski definition) is 4. The quantitative estimate of drug-likeness (QED) is 0.811. The number of nitrogens with zero attached hydrogens (tertiary/aromatic N) is 2. The standard InChI is InChI=1S/C15H18BrN3S/c1-15(2,3)14-18-12(17-4)9-13(19-14)20-11-7-5-10(16)6-8-11/h5-9H,1-4H3,(H,17,18,19). The predicted octanol–water partition coefficient (Wildman–Crippen LogP) is 4.73. The van der Waals surface area contributed by atoms with E-state index >= 15 is 0 Å². The minimum atomic E-state index is -0.0676. The van der Waals surface area contributed by atoms with E-state index in [2.05, 4.69) is 64.1 Å².